The molecule has 1 rings (SSSR count). The first kappa shape index (κ1) is 14.3. The van der Waals surface area contributed by atoms with Crippen molar-refractivity contribution in [2.24, 2.45) is 0 Å². The van der Waals surface area contributed by atoms with E-state index >= 15 is 0 Å². The summed E-state index contributed by atoms with van der Waals surface area (Å²) in [6, 6.07) is 0. The number of nitrogen functional groups attached to an aromatic ring is 1. The van der Waals surface area contributed by atoms with Crippen LogP contribution in [0.4, 0.5) is 5.82 Å². The van der Waals surface area contributed by atoms with Gasteiger partial charge in [0, 0.05) is 11.5 Å². The van der Waals surface area contributed by atoms with E-state index in [1.807, 2.05) is 6.92 Å². The Morgan fingerprint density at radius 1 is 1.24 bits per heavy atom. The van der Waals surface area contributed by atoms with Gasteiger partial charge in [-0.15, -0.1) is 11.8 Å². The lowest BCUT2D eigenvalue weighted by Crippen LogP contribution is -2.06. The summed E-state index contributed by atoms with van der Waals surface area (Å²) >= 11 is 1.80. The van der Waals surface area contributed by atoms with Gasteiger partial charge in [0.25, 0.3) is 0 Å². The third kappa shape index (κ3) is 4.19. The maximum absolute atomic E-state index is 5.93. The Balaban J connectivity index is 2.75. The zero-order valence-corrected chi connectivity index (χ0v) is 12.1. The minimum atomic E-state index is 0.327. The first-order valence-electron chi connectivity index (χ1n) is 6.33. The molecule has 17 heavy (non-hydrogen) atoms. The van der Waals surface area contributed by atoms with Crippen molar-refractivity contribution in [3.05, 3.63) is 11.4 Å². The van der Waals surface area contributed by atoms with Crippen LogP contribution in [0.5, 0.6) is 0 Å². The fourth-order valence-corrected chi connectivity index (χ4v) is 2.47. The van der Waals surface area contributed by atoms with Crippen LogP contribution in [0.25, 0.3) is 0 Å². The fourth-order valence-electron chi connectivity index (χ4n) is 1.45. The van der Waals surface area contributed by atoms with E-state index in [2.05, 4.69) is 30.7 Å². The molecule has 0 unspecified atom stereocenters. The minimum Gasteiger partial charge on any atom is -0.383 e. The zero-order chi connectivity index (χ0) is 12.8. The smallest absolute Gasteiger partial charge is 0.134 e. The van der Waals surface area contributed by atoms with Crippen molar-refractivity contribution in [1.82, 2.24) is 9.97 Å². The van der Waals surface area contributed by atoms with E-state index in [-0.39, 0.29) is 0 Å². The van der Waals surface area contributed by atoms with Crippen LogP contribution in [0.2, 0.25) is 0 Å². The van der Waals surface area contributed by atoms with Crippen LogP contribution in [0.3, 0.4) is 0 Å². The maximum Gasteiger partial charge on any atom is 0.134 e. The van der Waals surface area contributed by atoms with E-state index < -0.39 is 0 Å². The van der Waals surface area contributed by atoms with E-state index in [0.29, 0.717) is 11.7 Å². The number of hydrogen-bond donors (Lipinski definition) is 1. The average Bonchev–Trinajstić information content (AvgIpc) is 2.29. The number of unbranched alkanes of at least 4 members (excludes halogenated alkanes) is 2. The second kappa shape index (κ2) is 6.84. The van der Waals surface area contributed by atoms with Gasteiger partial charge < -0.3 is 5.73 Å². The molecule has 3 nitrogen and oxygen atoms in total. The van der Waals surface area contributed by atoms with E-state index in [1.54, 1.807) is 11.8 Å². The van der Waals surface area contributed by atoms with Crippen LogP contribution in [-0.4, -0.2) is 15.7 Å². The molecule has 0 spiro atoms. The molecular weight excluding hydrogens is 230 g/mol. The molecule has 2 N–H and O–H groups in total. The monoisotopic (exact) mass is 253 g/mol. The molecule has 0 saturated carbocycles. The molecule has 0 atom stereocenters. The molecule has 0 saturated heterocycles. The fraction of sp³-hybridized carbons (Fsp3) is 0.692. The Morgan fingerprint density at radius 3 is 2.53 bits per heavy atom. The van der Waals surface area contributed by atoms with Gasteiger partial charge in [-0.25, -0.2) is 9.97 Å². The van der Waals surface area contributed by atoms with E-state index in [1.165, 1.54) is 19.3 Å². The van der Waals surface area contributed by atoms with Crippen molar-refractivity contribution in [3.8, 4) is 0 Å². The van der Waals surface area contributed by atoms with E-state index in [4.69, 9.17) is 5.73 Å². The molecule has 0 aliphatic carbocycles. The van der Waals surface area contributed by atoms with Crippen molar-refractivity contribution in [3.63, 3.8) is 0 Å². The van der Waals surface area contributed by atoms with Gasteiger partial charge in [0.2, 0.25) is 0 Å². The largest absolute Gasteiger partial charge is 0.383 e. The lowest BCUT2D eigenvalue weighted by Gasteiger charge is -2.11. The molecule has 0 radical (unpaired) electrons. The second-order valence-corrected chi connectivity index (χ2v) is 5.69. The van der Waals surface area contributed by atoms with Crippen LogP contribution in [0.15, 0.2) is 5.03 Å². The summed E-state index contributed by atoms with van der Waals surface area (Å²) in [5, 5.41) is 1.05. The summed E-state index contributed by atoms with van der Waals surface area (Å²) in [7, 11) is 0. The van der Waals surface area contributed by atoms with Crippen molar-refractivity contribution in [2.75, 3.05) is 11.5 Å². The van der Waals surface area contributed by atoms with Gasteiger partial charge in [0.15, 0.2) is 0 Å². The quantitative estimate of drug-likeness (QED) is 0.476. The molecule has 1 aromatic heterocycles. The lowest BCUT2D eigenvalue weighted by molar-refractivity contribution is 0.749. The Morgan fingerprint density at radius 2 is 1.94 bits per heavy atom. The van der Waals surface area contributed by atoms with Gasteiger partial charge in [-0.1, -0.05) is 33.6 Å². The van der Waals surface area contributed by atoms with Gasteiger partial charge in [0.1, 0.15) is 16.7 Å². The highest BCUT2D eigenvalue weighted by atomic mass is 32.2. The van der Waals surface area contributed by atoms with Gasteiger partial charge in [-0.05, 0) is 19.1 Å². The number of thioether (sulfide) groups is 1. The molecular formula is C13H23N3S. The summed E-state index contributed by atoms with van der Waals surface area (Å²) in [6.45, 7) is 8.41. The van der Waals surface area contributed by atoms with Crippen molar-refractivity contribution >= 4 is 17.6 Å². The summed E-state index contributed by atoms with van der Waals surface area (Å²) in [5.74, 6) is 2.92. The van der Waals surface area contributed by atoms with Crippen LogP contribution >= 0.6 is 11.8 Å². The van der Waals surface area contributed by atoms with Crippen molar-refractivity contribution in [2.45, 2.75) is 57.9 Å². The SMILES string of the molecule is CCCCCSc1nc(C(C)C)nc(N)c1C. The highest BCUT2D eigenvalue weighted by molar-refractivity contribution is 7.99. The van der Waals surface area contributed by atoms with Crippen LogP contribution in [0, 0.1) is 6.92 Å². The Kier molecular flexibility index (Phi) is 5.75. The molecule has 4 heteroatoms. The predicted molar refractivity (Wildman–Crippen MR) is 75.5 cm³/mol. The number of anilines is 1. The van der Waals surface area contributed by atoms with Gasteiger partial charge in [-0.3, -0.25) is 0 Å². The molecule has 1 heterocycles. The van der Waals surface area contributed by atoms with E-state index in [0.717, 1.165) is 22.2 Å². The highest BCUT2D eigenvalue weighted by Gasteiger charge is 2.11. The molecule has 0 aliphatic rings. The third-order valence-electron chi connectivity index (χ3n) is 2.66. The normalized spacial score (nSPS) is 11.1. The number of nitrogens with zero attached hydrogens (tertiary/aromatic N) is 2. The topological polar surface area (TPSA) is 51.8 Å². The Hall–Kier alpha value is -0.770. The molecule has 0 amide bonds. The Bertz CT molecular complexity index is 364. The number of nitrogens with two attached hydrogens (primary N) is 1. The van der Waals surface area contributed by atoms with Gasteiger partial charge >= 0.3 is 0 Å². The number of hydrogen-bond acceptors (Lipinski definition) is 4. The Labute approximate surface area is 109 Å². The zero-order valence-electron chi connectivity index (χ0n) is 11.3. The number of aromatic nitrogens is 2. The van der Waals surface area contributed by atoms with Gasteiger partial charge in [-0.2, -0.15) is 0 Å². The predicted octanol–water partition coefficient (Wildman–Crippen LogP) is 3.77. The summed E-state index contributed by atoms with van der Waals surface area (Å²) in [5.41, 5.74) is 6.95. The van der Waals surface area contributed by atoms with Gasteiger partial charge in [0.05, 0.1) is 0 Å². The summed E-state index contributed by atoms with van der Waals surface area (Å²) in [6.07, 6.45) is 3.77. The molecule has 0 bridgehead atoms. The van der Waals surface area contributed by atoms with Crippen LogP contribution in [0.1, 0.15) is 57.3 Å². The van der Waals surface area contributed by atoms with Crippen LogP contribution < -0.4 is 5.73 Å². The first-order chi connectivity index (χ1) is 8.06. The summed E-state index contributed by atoms with van der Waals surface area (Å²) in [4.78, 5) is 8.93. The molecule has 0 fully saturated rings. The first-order valence-corrected chi connectivity index (χ1v) is 7.31. The highest BCUT2D eigenvalue weighted by Crippen LogP contribution is 2.26. The molecule has 0 aromatic carbocycles. The molecule has 1 aromatic rings. The van der Waals surface area contributed by atoms with Crippen LogP contribution in [-0.2, 0) is 0 Å². The standard InChI is InChI=1S/C13H23N3S/c1-5-6-7-8-17-13-10(4)11(14)15-12(16-13)9(2)3/h9H,5-8H2,1-4H3,(H2,14,15,16). The lowest BCUT2D eigenvalue weighted by atomic mass is 10.2. The second-order valence-electron chi connectivity index (χ2n) is 4.61. The van der Waals surface area contributed by atoms with E-state index in [9.17, 15) is 0 Å². The maximum atomic E-state index is 5.93. The molecule has 96 valence electrons. The minimum absolute atomic E-state index is 0.327. The van der Waals surface area contributed by atoms with Crippen molar-refractivity contribution in [1.29, 1.82) is 0 Å². The summed E-state index contributed by atoms with van der Waals surface area (Å²) < 4.78 is 0. The average molecular weight is 253 g/mol. The van der Waals surface area contributed by atoms with Crippen molar-refractivity contribution < 1.29 is 0 Å². The number of rotatable bonds is 6. The third-order valence-corrected chi connectivity index (χ3v) is 3.82. The molecule has 0 aliphatic heterocycles.